The minimum Gasteiger partial charge on any atom is -0.496 e. The summed E-state index contributed by atoms with van der Waals surface area (Å²) in [4.78, 5) is 26.0. The molecule has 1 aromatic carbocycles. The molecule has 2 aromatic rings. The lowest BCUT2D eigenvalue weighted by Gasteiger charge is -2.34. The van der Waals surface area contributed by atoms with Gasteiger partial charge in [-0.25, -0.2) is 26.5 Å². The van der Waals surface area contributed by atoms with Gasteiger partial charge in [0, 0.05) is 32.4 Å². The molecule has 2 fully saturated rings. The van der Waals surface area contributed by atoms with Crippen molar-refractivity contribution in [3.63, 3.8) is 0 Å². The highest BCUT2D eigenvalue weighted by molar-refractivity contribution is 7.92. The number of piperidine rings is 1. The number of carbonyl (C=O) groups is 1. The summed E-state index contributed by atoms with van der Waals surface area (Å²) in [7, 11) is -0.554. The smallest absolute Gasteiger partial charge is 0.241 e. The lowest BCUT2D eigenvalue weighted by atomic mass is 10.0. The number of methoxy groups -OCH3 is 1. The first-order valence-electron chi connectivity index (χ1n) is 12.9. The van der Waals surface area contributed by atoms with Gasteiger partial charge in [0.05, 0.1) is 24.5 Å². The van der Waals surface area contributed by atoms with E-state index in [1.807, 2.05) is 0 Å². The van der Waals surface area contributed by atoms with Crippen molar-refractivity contribution in [1.82, 2.24) is 25.1 Å². The molecule has 2 saturated heterocycles. The van der Waals surface area contributed by atoms with Crippen LogP contribution in [-0.2, 0) is 10.0 Å². The highest BCUT2D eigenvalue weighted by atomic mass is 32.2. The highest BCUT2D eigenvalue weighted by Crippen LogP contribution is 2.29. The first-order valence-corrected chi connectivity index (χ1v) is 14.6. The van der Waals surface area contributed by atoms with E-state index in [1.165, 1.54) is 11.4 Å². The van der Waals surface area contributed by atoms with E-state index in [2.05, 4.69) is 32.1 Å². The summed E-state index contributed by atoms with van der Waals surface area (Å²) in [6.45, 7) is 5.58. The normalized spacial score (nSPS) is 17.7. The standard InChI is InChI=1S/C25H35F2N7O4S/c1-32-11-13-33(14-12-32)10-3-15-39(36,37)34(17-6-8-29-9-7-17)25-30-16-18(24(28)31-25)23(35)21-20(38-2)5-4-19(26)22(21)27/h4-5,16-17,29H,3,6-15H2,1-2H3,(H2,28,30,31). The Labute approximate surface area is 227 Å². The van der Waals surface area contributed by atoms with Gasteiger partial charge in [-0.3, -0.25) is 4.79 Å². The average Bonchev–Trinajstić information content (AvgIpc) is 2.91. The molecule has 214 valence electrons. The van der Waals surface area contributed by atoms with E-state index in [0.717, 1.165) is 44.5 Å². The molecule has 2 aliphatic heterocycles. The number of sulfonamides is 1. The topological polar surface area (TPSA) is 134 Å². The predicted molar refractivity (Wildman–Crippen MR) is 143 cm³/mol. The number of rotatable bonds is 10. The maximum Gasteiger partial charge on any atom is 0.241 e. The van der Waals surface area contributed by atoms with Crippen molar-refractivity contribution < 1.29 is 26.7 Å². The fourth-order valence-corrected chi connectivity index (χ4v) is 6.60. The van der Waals surface area contributed by atoms with Crippen LogP contribution in [-0.4, -0.2) is 106 Å². The van der Waals surface area contributed by atoms with Gasteiger partial charge in [-0.15, -0.1) is 0 Å². The van der Waals surface area contributed by atoms with Crippen LogP contribution in [0.4, 0.5) is 20.5 Å². The molecule has 0 spiro atoms. The number of anilines is 2. The van der Waals surface area contributed by atoms with Crippen LogP contribution in [0, 0.1) is 11.6 Å². The van der Waals surface area contributed by atoms with Crippen molar-refractivity contribution in [2.45, 2.75) is 25.3 Å². The number of ketones is 1. The molecule has 0 amide bonds. The second-order valence-electron chi connectivity index (χ2n) is 9.83. The van der Waals surface area contributed by atoms with Crippen LogP contribution < -0.4 is 20.1 Å². The number of ether oxygens (including phenoxy) is 1. The van der Waals surface area contributed by atoms with Crippen molar-refractivity contribution in [2.75, 3.05) is 75.8 Å². The average molecular weight is 568 g/mol. The summed E-state index contributed by atoms with van der Waals surface area (Å²) < 4.78 is 61.9. The van der Waals surface area contributed by atoms with E-state index in [9.17, 15) is 22.0 Å². The minimum absolute atomic E-state index is 0.0983. The number of likely N-dealkylation sites (N-methyl/N-ethyl adjacent to an activating group) is 1. The van der Waals surface area contributed by atoms with E-state index in [0.29, 0.717) is 38.9 Å². The molecule has 0 atom stereocenters. The van der Waals surface area contributed by atoms with Gasteiger partial charge in [-0.2, -0.15) is 4.98 Å². The van der Waals surface area contributed by atoms with Gasteiger partial charge in [0.15, 0.2) is 11.6 Å². The first-order chi connectivity index (χ1) is 18.6. The van der Waals surface area contributed by atoms with E-state index < -0.39 is 33.0 Å². The zero-order valence-electron chi connectivity index (χ0n) is 22.2. The number of carbonyl (C=O) groups excluding carboxylic acids is 1. The second kappa shape index (κ2) is 12.5. The summed E-state index contributed by atoms with van der Waals surface area (Å²) in [5, 5.41) is 3.22. The second-order valence-corrected chi connectivity index (χ2v) is 11.8. The predicted octanol–water partition coefficient (Wildman–Crippen LogP) is 1.10. The van der Waals surface area contributed by atoms with E-state index in [-0.39, 0.29) is 34.9 Å². The minimum atomic E-state index is -3.84. The molecule has 0 unspecified atom stereocenters. The third kappa shape index (κ3) is 6.62. The molecular weight excluding hydrogens is 532 g/mol. The molecular formula is C25H35F2N7O4S. The Morgan fingerprint density at radius 1 is 1.21 bits per heavy atom. The molecule has 0 aliphatic carbocycles. The quantitative estimate of drug-likeness (QED) is 0.402. The Kier molecular flexibility index (Phi) is 9.31. The monoisotopic (exact) mass is 567 g/mol. The summed E-state index contributed by atoms with van der Waals surface area (Å²) in [5.41, 5.74) is 5.15. The van der Waals surface area contributed by atoms with Gasteiger partial charge >= 0.3 is 0 Å². The molecule has 11 nitrogen and oxygen atoms in total. The summed E-state index contributed by atoms with van der Waals surface area (Å²) in [5.74, 6) is -4.36. The van der Waals surface area contributed by atoms with Gasteiger partial charge in [0.25, 0.3) is 0 Å². The first kappa shape index (κ1) is 29.1. The fraction of sp³-hybridized carbons (Fsp3) is 0.560. The Balaban J connectivity index is 1.59. The van der Waals surface area contributed by atoms with Gasteiger partial charge in [-0.05, 0) is 58.1 Å². The van der Waals surface area contributed by atoms with Crippen molar-refractivity contribution in [1.29, 1.82) is 0 Å². The number of hydrogen-bond acceptors (Lipinski definition) is 10. The highest BCUT2D eigenvalue weighted by Gasteiger charge is 2.34. The molecule has 39 heavy (non-hydrogen) atoms. The third-order valence-corrected chi connectivity index (χ3v) is 9.03. The number of nitrogens with two attached hydrogens (primary N) is 1. The van der Waals surface area contributed by atoms with Crippen molar-refractivity contribution >= 4 is 27.6 Å². The van der Waals surface area contributed by atoms with Crippen molar-refractivity contribution in [2.24, 2.45) is 0 Å². The number of piperazine rings is 1. The number of aromatic nitrogens is 2. The largest absolute Gasteiger partial charge is 0.496 e. The fourth-order valence-electron chi connectivity index (χ4n) is 4.91. The Morgan fingerprint density at radius 2 is 1.90 bits per heavy atom. The van der Waals surface area contributed by atoms with Gasteiger partial charge in [-0.1, -0.05) is 0 Å². The summed E-state index contributed by atoms with van der Waals surface area (Å²) in [6.07, 6.45) is 2.59. The number of halogens is 2. The zero-order chi connectivity index (χ0) is 28.2. The molecule has 14 heteroatoms. The number of nitrogens with one attached hydrogen (secondary N) is 1. The van der Waals surface area contributed by atoms with Crippen molar-refractivity contribution in [3.05, 3.63) is 41.1 Å². The molecule has 0 radical (unpaired) electrons. The molecule has 3 N–H and O–H groups in total. The summed E-state index contributed by atoms with van der Waals surface area (Å²) >= 11 is 0. The molecule has 0 saturated carbocycles. The number of benzene rings is 1. The molecule has 4 rings (SSSR count). The maximum absolute atomic E-state index is 14.5. The van der Waals surface area contributed by atoms with Crippen LogP contribution in [0.3, 0.4) is 0 Å². The molecule has 1 aromatic heterocycles. The van der Waals surface area contributed by atoms with E-state index >= 15 is 0 Å². The Morgan fingerprint density at radius 3 is 2.54 bits per heavy atom. The maximum atomic E-state index is 14.5. The number of nitrogen functional groups attached to an aromatic ring is 1. The Hall–Kier alpha value is -2.94. The van der Waals surface area contributed by atoms with E-state index in [1.54, 1.807) is 0 Å². The van der Waals surface area contributed by atoms with Gasteiger partial charge in [0.1, 0.15) is 17.1 Å². The number of hydrogen-bond donors (Lipinski definition) is 2. The van der Waals surface area contributed by atoms with Crippen molar-refractivity contribution in [3.8, 4) is 5.75 Å². The van der Waals surface area contributed by atoms with Crippen LogP contribution in [0.15, 0.2) is 18.3 Å². The van der Waals surface area contributed by atoms with Gasteiger partial charge in [0.2, 0.25) is 21.8 Å². The third-order valence-electron chi connectivity index (χ3n) is 7.16. The van der Waals surface area contributed by atoms with Crippen LogP contribution in [0.25, 0.3) is 0 Å². The molecule has 2 aliphatic rings. The Bertz CT molecular complexity index is 1280. The van der Waals surface area contributed by atoms with Crippen LogP contribution in [0.1, 0.15) is 35.2 Å². The zero-order valence-corrected chi connectivity index (χ0v) is 23.0. The lowest BCUT2D eigenvalue weighted by molar-refractivity contribution is 0.103. The molecule has 0 bridgehead atoms. The molecule has 3 heterocycles. The summed E-state index contributed by atoms with van der Waals surface area (Å²) in [6, 6.07) is 1.59. The van der Waals surface area contributed by atoms with E-state index in [4.69, 9.17) is 10.5 Å². The van der Waals surface area contributed by atoms with Crippen LogP contribution >= 0.6 is 0 Å². The lowest BCUT2D eigenvalue weighted by Crippen LogP contribution is -2.48. The van der Waals surface area contributed by atoms with Gasteiger partial charge < -0.3 is 25.6 Å². The SMILES string of the molecule is COc1ccc(F)c(F)c1C(=O)c1cnc(N(C2CCNCC2)S(=O)(=O)CCCN2CCN(C)CC2)nc1N. The van der Waals surface area contributed by atoms with Crippen LogP contribution in [0.2, 0.25) is 0 Å². The number of nitrogens with zero attached hydrogens (tertiary/aromatic N) is 5. The van der Waals surface area contributed by atoms with Crippen LogP contribution in [0.5, 0.6) is 5.75 Å².